The first-order chi connectivity index (χ1) is 15.0. The highest BCUT2D eigenvalue weighted by atomic mass is 16.5. The number of carbonyl (C=O) groups is 2. The third-order valence-corrected chi connectivity index (χ3v) is 5.73. The summed E-state index contributed by atoms with van der Waals surface area (Å²) in [6.07, 6.45) is 7.07. The molecule has 31 heavy (non-hydrogen) atoms. The van der Waals surface area contributed by atoms with E-state index in [1.807, 2.05) is 12.1 Å². The number of nitrogens with two attached hydrogens (primary N) is 1. The average Bonchev–Trinajstić information content (AvgIpc) is 2.81. The van der Waals surface area contributed by atoms with Crippen molar-refractivity contribution in [2.75, 3.05) is 13.1 Å². The number of nitriles is 1. The van der Waals surface area contributed by atoms with E-state index in [9.17, 15) is 9.59 Å². The first-order valence-corrected chi connectivity index (χ1v) is 10.8. The topological polar surface area (TPSA) is 96.4 Å². The summed E-state index contributed by atoms with van der Waals surface area (Å²) in [5.41, 5.74) is 7.35. The molecule has 3 rings (SSSR count). The molecule has 0 unspecified atom stereocenters. The summed E-state index contributed by atoms with van der Waals surface area (Å²) in [5.74, 6) is 0.578. The Kier molecular flexibility index (Phi) is 8.05. The van der Waals surface area contributed by atoms with Crippen LogP contribution in [0.1, 0.15) is 60.0 Å². The van der Waals surface area contributed by atoms with Gasteiger partial charge in [0.05, 0.1) is 18.2 Å². The molecule has 2 N–H and O–H groups in total. The Balaban J connectivity index is 1.63. The summed E-state index contributed by atoms with van der Waals surface area (Å²) in [6.45, 7) is 0.765. The van der Waals surface area contributed by atoms with Crippen molar-refractivity contribution in [2.24, 2.45) is 11.7 Å². The second-order valence-electron chi connectivity index (χ2n) is 8.11. The molecule has 1 aliphatic carbocycles. The van der Waals surface area contributed by atoms with Crippen LogP contribution < -0.4 is 10.5 Å². The summed E-state index contributed by atoms with van der Waals surface area (Å²) in [6, 6.07) is 16.2. The molecule has 2 aromatic rings. The van der Waals surface area contributed by atoms with Gasteiger partial charge in [0.2, 0.25) is 5.91 Å². The molecular weight excluding hydrogens is 390 g/mol. The Morgan fingerprint density at radius 2 is 1.84 bits per heavy atom. The minimum Gasteiger partial charge on any atom is -0.489 e. The molecular formula is C25H29N3O3. The number of nitrogens with zero attached hydrogens (tertiary/aromatic N) is 2. The lowest BCUT2D eigenvalue weighted by Crippen LogP contribution is -2.39. The second-order valence-corrected chi connectivity index (χ2v) is 8.11. The lowest BCUT2D eigenvalue weighted by atomic mass is 9.87. The van der Waals surface area contributed by atoms with Gasteiger partial charge in [-0.2, -0.15) is 5.26 Å². The minimum absolute atomic E-state index is 0.0719. The van der Waals surface area contributed by atoms with Crippen LogP contribution in [0, 0.1) is 17.2 Å². The fourth-order valence-electron chi connectivity index (χ4n) is 4.02. The van der Waals surface area contributed by atoms with Crippen LogP contribution in [0.4, 0.5) is 0 Å². The zero-order valence-electron chi connectivity index (χ0n) is 17.8. The molecule has 162 valence electrons. The number of amides is 2. The fraction of sp³-hybridized carbons (Fsp3) is 0.400. The van der Waals surface area contributed by atoms with Crippen molar-refractivity contribution >= 4 is 11.8 Å². The number of hydrogen-bond donors (Lipinski definition) is 1. The van der Waals surface area contributed by atoms with Crippen molar-refractivity contribution in [1.29, 1.82) is 5.26 Å². The van der Waals surface area contributed by atoms with E-state index in [2.05, 4.69) is 6.07 Å². The molecule has 6 heteroatoms. The van der Waals surface area contributed by atoms with Gasteiger partial charge in [-0.25, -0.2) is 0 Å². The van der Waals surface area contributed by atoms with Gasteiger partial charge in [-0.3, -0.25) is 9.59 Å². The zero-order valence-corrected chi connectivity index (χ0v) is 17.8. The Morgan fingerprint density at radius 3 is 2.52 bits per heavy atom. The zero-order chi connectivity index (χ0) is 22.1. The summed E-state index contributed by atoms with van der Waals surface area (Å²) in [5, 5.41) is 8.87. The molecule has 1 saturated carbocycles. The van der Waals surface area contributed by atoms with E-state index >= 15 is 0 Å². The molecule has 1 fully saturated rings. The Bertz CT molecular complexity index is 928. The van der Waals surface area contributed by atoms with Crippen LogP contribution in [0.3, 0.4) is 0 Å². The van der Waals surface area contributed by atoms with Crippen LogP contribution in [-0.2, 0) is 11.4 Å². The average molecular weight is 420 g/mol. The fourth-order valence-corrected chi connectivity index (χ4v) is 4.02. The van der Waals surface area contributed by atoms with Crippen molar-refractivity contribution in [3.63, 3.8) is 0 Å². The van der Waals surface area contributed by atoms with E-state index in [0.717, 1.165) is 12.0 Å². The van der Waals surface area contributed by atoms with Gasteiger partial charge in [-0.05, 0) is 54.3 Å². The highest BCUT2D eigenvalue weighted by Crippen LogP contribution is 2.26. The Hall–Kier alpha value is -3.33. The maximum atomic E-state index is 13.1. The van der Waals surface area contributed by atoms with E-state index in [4.69, 9.17) is 15.7 Å². The molecule has 2 aromatic carbocycles. The quantitative estimate of drug-likeness (QED) is 0.663. The predicted octanol–water partition coefficient (Wildman–Crippen LogP) is 4.04. The molecule has 0 aliphatic heterocycles. The van der Waals surface area contributed by atoms with Crippen LogP contribution >= 0.6 is 0 Å². The van der Waals surface area contributed by atoms with Gasteiger partial charge in [0.15, 0.2) is 0 Å². The molecule has 0 radical (unpaired) electrons. The SMILES string of the molecule is N#Cc1ccc(OCc2cccc(C(=O)N(CCC3CCCCC3)CC(N)=O)c2)cc1. The second kappa shape index (κ2) is 11.2. The van der Waals surface area contributed by atoms with Gasteiger partial charge >= 0.3 is 0 Å². The number of primary amides is 1. The van der Waals surface area contributed by atoms with E-state index < -0.39 is 5.91 Å². The first kappa shape index (κ1) is 22.4. The third kappa shape index (κ3) is 6.85. The lowest BCUT2D eigenvalue weighted by molar-refractivity contribution is -0.118. The van der Waals surface area contributed by atoms with E-state index in [1.165, 1.54) is 32.1 Å². The van der Waals surface area contributed by atoms with Crippen LogP contribution in [0.2, 0.25) is 0 Å². The summed E-state index contributed by atoms with van der Waals surface area (Å²) >= 11 is 0. The van der Waals surface area contributed by atoms with Gasteiger partial charge in [0, 0.05) is 12.1 Å². The van der Waals surface area contributed by atoms with Crippen LogP contribution in [0.5, 0.6) is 5.75 Å². The van der Waals surface area contributed by atoms with Gasteiger partial charge in [-0.15, -0.1) is 0 Å². The Labute approximate surface area is 183 Å². The molecule has 6 nitrogen and oxygen atoms in total. The van der Waals surface area contributed by atoms with E-state index in [1.54, 1.807) is 41.3 Å². The molecule has 0 atom stereocenters. The number of ether oxygens (including phenoxy) is 1. The summed E-state index contributed by atoms with van der Waals surface area (Å²) in [7, 11) is 0. The van der Waals surface area contributed by atoms with Gasteiger partial charge in [0.25, 0.3) is 5.91 Å². The standard InChI is InChI=1S/C25H29N3O3/c26-16-20-9-11-23(12-10-20)31-18-21-7-4-8-22(15-21)25(30)28(17-24(27)29)14-13-19-5-2-1-3-6-19/h4,7-12,15,19H,1-3,5-6,13-14,17-18H2,(H2,27,29). The lowest BCUT2D eigenvalue weighted by Gasteiger charge is -2.26. The predicted molar refractivity (Wildman–Crippen MR) is 118 cm³/mol. The van der Waals surface area contributed by atoms with Gasteiger partial charge in [-0.1, -0.05) is 44.2 Å². The molecule has 2 amide bonds. The van der Waals surface area contributed by atoms with Crippen LogP contribution in [0.15, 0.2) is 48.5 Å². The highest BCUT2D eigenvalue weighted by Gasteiger charge is 2.21. The normalized spacial score (nSPS) is 13.9. The minimum atomic E-state index is -0.503. The monoisotopic (exact) mass is 419 g/mol. The maximum Gasteiger partial charge on any atom is 0.254 e. The first-order valence-electron chi connectivity index (χ1n) is 10.8. The van der Waals surface area contributed by atoms with Gasteiger partial charge in [0.1, 0.15) is 12.4 Å². The third-order valence-electron chi connectivity index (χ3n) is 5.73. The maximum absolute atomic E-state index is 13.1. The summed E-state index contributed by atoms with van der Waals surface area (Å²) < 4.78 is 5.77. The molecule has 0 spiro atoms. The van der Waals surface area contributed by atoms with E-state index in [-0.39, 0.29) is 12.5 Å². The van der Waals surface area contributed by atoms with Crippen molar-refractivity contribution in [1.82, 2.24) is 4.90 Å². The number of rotatable bonds is 9. The number of carbonyl (C=O) groups excluding carboxylic acids is 2. The highest BCUT2D eigenvalue weighted by molar-refractivity contribution is 5.96. The van der Waals surface area contributed by atoms with Crippen LogP contribution in [0.25, 0.3) is 0 Å². The van der Waals surface area contributed by atoms with E-state index in [0.29, 0.717) is 35.9 Å². The van der Waals surface area contributed by atoms with Crippen molar-refractivity contribution in [2.45, 2.75) is 45.1 Å². The van der Waals surface area contributed by atoms with Crippen molar-refractivity contribution in [3.05, 3.63) is 65.2 Å². The van der Waals surface area contributed by atoms with Gasteiger partial charge < -0.3 is 15.4 Å². The molecule has 0 heterocycles. The number of hydrogen-bond acceptors (Lipinski definition) is 4. The largest absolute Gasteiger partial charge is 0.489 e. The smallest absolute Gasteiger partial charge is 0.254 e. The molecule has 1 aliphatic rings. The van der Waals surface area contributed by atoms with Crippen LogP contribution in [-0.4, -0.2) is 29.8 Å². The summed E-state index contributed by atoms with van der Waals surface area (Å²) in [4.78, 5) is 26.2. The Morgan fingerprint density at radius 1 is 1.10 bits per heavy atom. The van der Waals surface area contributed by atoms with Crippen molar-refractivity contribution < 1.29 is 14.3 Å². The number of benzene rings is 2. The molecule has 0 saturated heterocycles. The van der Waals surface area contributed by atoms with Crippen molar-refractivity contribution in [3.8, 4) is 11.8 Å². The molecule has 0 aromatic heterocycles. The molecule has 0 bridgehead atoms.